The fraction of sp³-hybridized carbons (Fsp3) is 0.0909. The van der Waals surface area contributed by atoms with Gasteiger partial charge in [0.15, 0.2) is 0 Å². The second-order valence-electron chi connectivity index (χ2n) is 3.29. The van der Waals surface area contributed by atoms with Crippen LogP contribution in [0.5, 0.6) is 0 Å². The van der Waals surface area contributed by atoms with Crippen molar-refractivity contribution in [2.45, 2.75) is 6.42 Å². The Hall–Kier alpha value is -1.49. The van der Waals surface area contributed by atoms with Crippen molar-refractivity contribution in [1.82, 2.24) is 9.97 Å². The van der Waals surface area contributed by atoms with Crippen molar-refractivity contribution in [3.8, 4) is 0 Å². The Morgan fingerprint density at radius 3 is 2.75 bits per heavy atom. The lowest BCUT2D eigenvalue weighted by molar-refractivity contribution is 0.612. The van der Waals surface area contributed by atoms with E-state index in [1.807, 2.05) is 0 Å². The van der Waals surface area contributed by atoms with Crippen molar-refractivity contribution in [1.29, 1.82) is 0 Å². The van der Waals surface area contributed by atoms with Gasteiger partial charge in [0.05, 0.1) is 4.47 Å². The number of nitrogens with zero attached hydrogens (tertiary/aromatic N) is 2. The number of benzene rings is 1. The smallest absolute Gasteiger partial charge is 0.141 e. The molecule has 5 heteroatoms. The molecule has 1 aromatic heterocycles. The summed E-state index contributed by atoms with van der Waals surface area (Å²) in [5, 5.41) is 0. The minimum atomic E-state index is -0.257. The van der Waals surface area contributed by atoms with Crippen LogP contribution in [0.1, 0.15) is 11.4 Å². The van der Waals surface area contributed by atoms with Crippen LogP contribution < -0.4 is 5.73 Å². The average molecular weight is 282 g/mol. The second kappa shape index (κ2) is 4.57. The van der Waals surface area contributed by atoms with Crippen molar-refractivity contribution in [2.75, 3.05) is 5.73 Å². The van der Waals surface area contributed by atoms with Crippen molar-refractivity contribution in [3.05, 3.63) is 52.1 Å². The summed E-state index contributed by atoms with van der Waals surface area (Å²) in [6, 6.07) is 6.55. The van der Waals surface area contributed by atoms with Crippen LogP contribution in [0, 0.1) is 5.82 Å². The van der Waals surface area contributed by atoms with Gasteiger partial charge in [0.2, 0.25) is 0 Å². The third kappa shape index (κ3) is 2.36. The third-order valence-electron chi connectivity index (χ3n) is 2.13. The minimum absolute atomic E-state index is 0.257. The molecule has 2 rings (SSSR count). The van der Waals surface area contributed by atoms with Gasteiger partial charge < -0.3 is 5.73 Å². The number of nitrogen functional groups attached to an aromatic ring is 1. The molecule has 2 aromatic rings. The highest BCUT2D eigenvalue weighted by atomic mass is 79.9. The SMILES string of the molecule is Nc1nc(Cc2ccccc2F)ncc1Br. The van der Waals surface area contributed by atoms with Gasteiger partial charge in [0, 0.05) is 12.6 Å². The van der Waals surface area contributed by atoms with Crippen LogP contribution in [0.3, 0.4) is 0 Å². The van der Waals surface area contributed by atoms with Gasteiger partial charge in [-0.1, -0.05) is 18.2 Å². The molecule has 0 atom stereocenters. The molecule has 16 heavy (non-hydrogen) atoms. The first kappa shape index (κ1) is 11.0. The summed E-state index contributed by atoms with van der Waals surface area (Å²) in [4.78, 5) is 8.13. The van der Waals surface area contributed by atoms with Gasteiger partial charge in [-0.15, -0.1) is 0 Å². The van der Waals surface area contributed by atoms with Gasteiger partial charge in [0.25, 0.3) is 0 Å². The molecule has 1 heterocycles. The number of halogens is 2. The number of anilines is 1. The minimum Gasteiger partial charge on any atom is -0.383 e. The monoisotopic (exact) mass is 281 g/mol. The molecule has 0 unspecified atom stereocenters. The first-order valence-electron chi connectivity index (χ1n) is 4.67. The highest BCUT2D eigenvalue weighted by Crippen LogP contribution is 2.16. The number of aromatic nitrogens is 2. The summed E-state index contributed by atoms with van der Waals surface area (Å²) >= 11 is 3.21. The molecular weight excluding hydrogens is 273 g/mol. The van der Waals surface area contributed by atoms with Crippen LogP contribution >= 0.6 is 15.9 Å². The molecule has 0 aliphatic carbocycles. The van der Waals surface area contributed by atoms with Crippen LogP contribution in [0.15, 0.2) is 34.9 Å². The van der Waals surface area contributed by atoms with E-state index in [2.05, 4.69) is 25.9 Å². The van der Waals surface area contributed by atoms with E-state index in [4.69, 9.17) is 5.73 Å². The Morgan fingerprint density at radius 2 is 2.06 bits per heavy atom. The summed E-state index contributed by atoms with van der Waals surface area (Å²) in [6.07, 6.45) is 1.91. The summed E-state index contributed by atoms with van der Waals surface area (Å²) in [7, 11) is 0. The summed E-state index contributed by atoms with van der Waals surface area (Å²) < 4.78 is 14.0. The molecule has 3 nitrogen and oxygen atoms in total. The van der Waals surface area contributed by atoms with Crippen molar-refractivity contribution >= 4 is 21.7 Å². The Balaban J connectivity index is 2.28. The van der Waals surface area contributed by atoms with Crippen LogP contribution in [0.2, 0.25) is 0 Å². The van der Waals surface area contributed by atoms with Gasteiger partial charge in [-0.3, -0.25) is 0 Å². The van der Waals surface area contributed by atoms with Gasteiger partial charge in [-0.05, 0) is 27.6 Å². The molecule has 0 spiro atoms. The largest absolute Gasteiger partial charge is 0.383 e. The highest BCUT2D eigenvalue weighted by Gasteiger charge is 2.06. The van der Waals surface area contributed by atoms with Gasteiger partial charge in [-0.25, -0.2) is 14.4 Å². The molecule has 0 aliphatic rings. The van der Waals surface area contributed by atoms with E-state index in [0.717, 1.165) is 0 Å². The van der Waals surface area contributed by atoms with Crippen LogP contribution in [0.4, 0.5) is 10.2 Å². The van der Waals surface area contributed by atoms with Crippen molar-refractivity contribution in [3.63, 3.8) is 0 Å². The van der Waals surface area contributed by atoms with E-state index in [0.29, 0.717) is 28.1 Å². The highest BCUT2D eigenvalue weighted by molar-refractivity contribution is 9.10. The van der Waals surface area contributed by atoms with E-state index >= 15 is 0 Å². The molecule has 0 aliphatic heterocycles. The zero-order valence-electron chi connectivity index (χ0n) is 8.32. The van der Waals surface area contributed by atoms with Gasteiger partial charge in [0.1, 0.15) is 17.5 Å². The molecule has 0 saturated carbocycles. The first-order chi connectivity index (χ1) is 7.66. The molecule has 0 fully saturated rings. The standard InChI is InChI=1S/C11H9BrFN3/c12-8-6-15-10(16-11(8)14)5-7-3-1-2-4-9(7)13/h1-4,6H,5H2,(H2,14,15,16). The second-order valence-corrected chi connectivity index (χ2v) is 4.14. The van der Waals surface area contributed by atoms with E-state index in [-0.39, 0.29) is 5.82 Å². The maximum Gasteiger partial charge on any atom is 0.141 e. The predicted molar refractivity (Wildman–Crippen MR) is 63.4 cm³/mol. The number of hydrogen-bond donors (Lipinski definition) is 1. The molecule has 0 bridgehead atoms. The van der Waals surface area contributed by atoms with Gasteiger partial charge >= 0.3 is 0 Å². The average Bonchev–Trinajstić information content (AvgIpc) is 2.27. The van der Waals surface area contributed by atoms with E-state index in [1.54, 1.807) is 24.4 Å². The lowest BCUT2D eigenvalue weighted by Gasteiger charge is -2.03. The summed E-state index contributed by atoms with van der Waals surface area (Å²) in [5.74, 6) is 0.611. The fourth-order valence-corrected chi connectivity index (χ4v) is 1.51. The fourth-order valence-electron chi connectivity index (χ4n) is 1.32. The van der Waals surface area contributed by atoms with Crippen LogP contribution in [0.25, 0.3) is 0 Å². The first-order valence-corrected chi connectivity index (χ1v) is 5.46. The number of hydrogen-bond acceptors (Lipinski definition) is 3. The lowest BCUT2D eigenvalue weighted by Crippen LogP contribution is -2.02. The van der Waals surface area contributed by atoms with Crippen LogP contribution in [-0.2, 0) is 6.42 Å². The number of nitrogens with two attached hydrogens (primary N) is 1. The number of rotatable bonds is 2. The van der Waals surface area contributed by atoms with Gasteiger partial charge in [-0.2, -0.15) is 0 Å². The van der Waals surface area contributed by atoms with E-state index < -0.39 is 0 Å². The van der Waals surface area contributed by atoms with Crippen molar-refractivity contribution in [2.24, 2.45) is 0 Å². The normalized spacial score (nSPS) is 10.4. The molecule has 0 radical (unpaired) electrons. The molecule has 0 saturated heterocycles. The zero-order valence-corrected chi connectivity index (χ0v) is 9.91. The van der Waals surface area contributed by atoms with Crippen LogP contribution in [-0.4, -0.2) is 9.97 Å². The molecule has 1 aromatic carbocycles. The lowest BCUT2D eigenvalue weighted by atomic mass is 10.1. The summed E-state index contributed by atoms with van der Waals surface area (Å²) in [6.45, 7) is 0. The summed E-state index contributed by atoms with van der Waals surface area (Å²) in [5.41, 5.74) is 6.18. The Labute approximate surface area is 101 Å². The Kier molecular flexibility index (Phi) is 3.14. The molecule has 0 amide bonds. The Morgan fingerprint density at radius 1 is 1.31 bits per heavy atom. The molecular formula is C11H9BrFN3. The zero-order chi connectivity index (χ0) is 11.5. The topological polar surface area (TPSA) is 51.8 Å². The molecule has 2 N–H and O–H groups in total. The maximum atomic E-state index is 13.4. The predicted octanol–water partition coefficient (Wildman–Crippen LogP) is 2.55. The quantitative estimate of drug-likeness (QED) is 0.921. The maximum absolute atomic E-state index is 13.4. The third-order valence-corrected chi connectivity index (χ3v) is 2.74. The van der Waals surface area contributed by atoms with E-state index in [9.17, 15) is 4.39 Å². The van der Waals surface area contributed by atoms with Crippen molar-refractivity contribution < 1.29 is 4.39 Å². The Bertz CT molecular complexity index is 516. The molecule has 82 valence electrons. The van der Waals surface area contributed by atoms with E-state index in [1.165, 1.54) is 6.07 Å².